The highest BCUT2D eigenvalue weighted by Gasteiger charge is 2.09. The van der Waals surface area contributed by atoms with Gasteiger partial charge in [-0.3, -0.25) is 4.99 Å². The molecule has 0 aliphatic rings. The minimum absolute atomic E-state index is 0. The number of hydrogen-bond acceptors (Lipinski definition) is 4. The van der Waals surface area contributed by atoms with Gasteiger partial charge in [-0.05, 0) is 20.3 Å². The van der Waals surface area contributed by atoms with Gasteiger partial charge < -0.3 is 15.2 Å². The Bertz CT molecular complexity index is 419. The van der Waals surface area contributed by atoms with Gasteiger partial charge in [-0.2, -0.15) is 4.98 Å². The first-order valence-electron chi connectivity index (χ1n) is 7.44. The number of rotatable bonds is 7. The summed E-state index contributed by atoms with van der Waals surface area (Å²) in [4.78, 5) is 8.86. The summed E-state index contributed by atoms with van der Waals surface area (Å²) >= 11 is 0. The molecule has 1 unspecified atom stereocenters. The highest BCUT2D eigenvalue weighted by atomic mass is 127. The molecule has 0 spiro atoms. The molecule has 1 aromatic heterocycles. The van der Waals surface area contributed by atoms with Crippen molar-refractivity contribution in [2.24, 2.45) is 4.99 Å². The maximum atomic E-state index is 5.20. The van der Waals surface area contributed by atoms with Gasteiger partial charge in [0.25, 0.3) is 0 Å². The summed E-state index contributed by atoms with van der Waals surface area (Å²) in [6, 6.07) is 0.406. The zero-order valence-electron chi connectivity index (χ0n) is 13.6. The molecule has 0 fully saturated rings. The minimum Gasteiger partial charge on any atom is -0.357 e. The van der Waals surface area contributed by atoms with E-state index in [1.165, 1.54) is 0 Å². The van der Waals surface area contributed by atoms with Crippen LogP contribution < -0.4 is 10.6 Å². The second kappa shape index (κ2) is 10.8. The monoisotopic (exact) mass is 409 g/mol. The minimum atomic E-state index is 0. The van der Waals surface area contributed by atoms with E-state index in [-0.39, 0.29) is 24.0 Å². The number of nitrogens with zero attached hydrogens (tertiary/aromatic N) is 3. The Morgan fingerprint density at radius 2 is 2.00 bits per heavy atom. The van der Waals surface area contributed by atoms with E-state index in [0.29, 0.717) is 30.8 Å². The third-order valence-electron chi connectivity index (χ3n) is 2.94. The van der Waals surface area contributed by atoms with E-state index in [4.69, 9.17) is 4.52 Å². The molecule has 21 heavy (non-hydrogen) atoms. The van der Waals surface area contributed by atoms with Crippen molar-refractivity contribution in [3.63, 3.8) is 0 Å². The van der Waals surface area contributed by atoms with Crippen LogP contribution in [-0.2, 0) is 6.42 Å². The van der Waals surface area contributed by atoms with Crippen LogP contribution in [0.2, 0.25) is 0 Å². The molecule has 0 amide bonds. The summed E-state index contributed by atoms with van der Waals surface area (Å²) in [7, 11) is 0. The van der Waals surface area contributed by atoms with Gasteiger partial charge in [0.1, 0.15) is 0 Å². The van der Waals surface area contributed by atoms with E-state index in [9.17, 15) is 0 Å². The van der Waals surface area contributed by atoms with Crippen LogP contribution in [0.15, 0.2) is 9.52 Å². The maximum absolute atomic E-state index is 5.20. The highest BCUT2D eigenvalue weighted by Crippen LogP contribution is 2.09. The molecule has 1 atom stereocenters. The zero-order valence-corrected chi connectivity index (χ0v) is 16.0. The number of halogens is 1. The van der Waals surface area contributed by atoms with Gasteiger partial charge in [-0.1, -0.05) is 25.9 Å². The molecule has 0 aromatic carbocycles. The Labute approximate surface area is 144 Å². The largest absolute Gasteiger partial charge is 0.357 e. The lowest BCUT2D eigenvalue weighted by Crippen LogP contribution is -2.42. The fourth-order valence-electron chi connectivity index (χ4n) is 1.52. The van der Waals surface area contributed by atoms with Crippen molar-refractivity contribution in [2.45, 2.75) is 59.4 Å². The quantitative estimate of drug-likeness (QED) is 0.412. The summed E-state index contributed by atoms with van der Waals surface area (Å²) < 4.78 is 5.20. The smallest absolute Gasteiger partial charge is 0.228 e. The molecule has 1 rings (SSSR count). The molecule has 1 aromatic rings. The molecule has 0 bridgehead atoms. The standard InChI is InChI=1S/C14H27N5O.HI/c1-6-11(5)17-14(15-7-2)16-9-8-12-18-13(10(3)4)19-20-12;/h10-11H,6-9H2,1-5H3,(H2,15,16,17);1H. The predicted octanol–water partition coefficient (Wildman–Crippen LogP) is 2.71. The van der Waals surface area contributed by atoms with Crippen molar-refractivity contribution in [1.29, 1.82) is 0 Å². The number of guanidine groups is 1. The van der Waals surface area contributed by atoms with Gasteiger partial charge in [0.15, 0.2) is 11.8 Å². The first-order chi connectivity index (χ1) is 9.56. The first kappa shape index (κ1) is 20.1. The lowest BCUT2D eigenvalue weighted by atomic mass is 10.2. The fourth-order valence-corrected chi connectivity index (χ4v) is 1.52. The Morgan fingerprint density at radius 1 is 1.29 bits per heavy atom. The predicted molar refractivity (Wildman–Crippen MR) is 96.4 cm³/mol. The molecule has 0 aliphatic carbocycles. The lowest BCUT2D eigenvalue weighted by Gasteiger charge is -2.15. The molecule has 0 radical (unpaired) electrons. The van der Waals surface area contributed by atoms with Gasteiger partial charge >= 0.3 is 0 Å². The van der Waals surface area contributed by atoms with E-state index in [1.807, 2.05) is 13.8 Å². The first-order valence-corrected chi connectivity index (χ1v) is 7.44. The van der Waals surface area contributed by atoms with E-state index in [1.54, 1.807) is 0 Å². The van der Waals surface area contributed by atoms with Gasteiger partial charge in [0.05, 0.1) is 6.54 Å². The van der Waals surface area contributed by atoms with Gasteiger partial charge in [-0.15, -0.1) is 24.0 Å². The zero-order chi connectivity index (χ0) is 15.0. The summed E-state index contributed by atoms with van der Waals surface area (Å²) in [5.41, 5.74) is 0. The Balaban J connectivity index is 0.00000400. The maximum Gasteiger partial charge on any atom is 0.228 e. The number of hydrogen-bond donors (Lipinski definition) is 2. The average molecular weight is 409 g/mol. The van der Waals surface area contributed by atoms with Crippen LogP contribution in [0.5, 0.6) is 0 Å². The van der Waals surface area contributed by atoms with E-state index < -0.39 is 0 Å². The van der Waals surface area contributed by atoms with Gasteiger partial charge in [0, 0.05) is 24.9 Å². The molecular weight excluding hydrogens is 381 g/mol. The van der Waals surface area contributed by atoms with Crippen LogP contribution in [0.3, 0.4) is 0 Å². The summed E-state index contributed by atoms with van der Waals surface area (Å²) in [6.45, 7) is 11.9. The Morgan fingerprint density at radius 3 is 2.52 bits per heavy atom. The summed E-state index contributed by atoms with van der Waals surface area (Å²) in [5, 5.41) is 10.5. The van der Waals surface area contributed by atoms with E-state index in [2.05, 4.69) is 46.5 Å². The topological polar surface area (TPSA) is 75.3 Å². The van der Waals surface area contributed by atoms with Gasteiger partial charge in [-0.25, -0.2) is 0 Å². The number of aromatic nitrogens is 2. The summed E-state index contributed by atoms with van der Waals surface area (Å²) in [6.07, 6.45) is 1.72. The summed E-state index contributed by atoms with van der Waals surface area (Å²) in [5.74, 6) is 2.54. The van der Waals surface area contributed by atoms with Crippen molar-refractivity contribution < 1.29 is 4.52 Å². The highest BCUT2D eigenvalue weighted by molar-refractivity contribution is 14.0. The molecule has 1 heterocycles. The van der Waals surface area contributed by atoms with Crippen LogP contribution in [0.4, 0.5) is 0 Å². The van der Waals surface area contributed by atoms with E-state index in [0.717, 1.165) is 24.7 Å². The van der Waals surface area contributed by atoms with Crippen LogP contribution >= 0.6 is 24.0 Å². The number of aliphatic imine (C=N–C) groups is 1. The number of nitrogens with one attached hydrogen (secondary N) is 2. The van der Waals surface area contributed by atoms with Crippen LogP contribution in [0.25, 0.3) is 0 Å². The molecule has 122 valence electrons. The van der Waals surface area contributed by atoms with Crippen molar-refractivity contribution in [3.8, 4) is 0 Å². The molecule has 0 saturated carbocycles. The normalized spacial score (nSPS) is 13.0. The fraction of sp³-hybridized carbons (Fsp3) is 0.786. The van der Waals surface area contributed by atoms with Gasteiger partial charge in [0.2, 0.25) is 5.89 Å². The third-order valence-corrected chi connectivity index (χ3v) is 2.94. The Hall–Kier alpha value is -0.860. The van der Waals surface area contributed by atoms with Crippen molar-refractivity contribution in [2.75, 3.05) is 13.1 Å². The average Bonchev–Trinajstić information content (AvgIpc) is 2.87. The molecule has 7 heteroatoms. The lowest BCUT2D eigenvalue weighted by molar-refractivity contribution is 0.372. The third kappa shape index (κ3) is 7.63. The second-order valence-corrected chi connectivity index (χ2v) is 5.17. The molecular formula is C14H28IN5O. The molecule has 0 saturated heterocycles. The van der Waals surface area contributed by atoms with Crippen LogP contribution in [0, 0.1) is 0 Å². The SMILES string of the molecule is CCNC(=NCCc1nc(C(C)C)no1)NC(C)CC.I. The van der Waals surface area contributed by atoms with E-state index >= 15 is 0 Å². The van der Waals surface area contributed by atoms with Crippen molar-refractivity contribution in [3.05, 3.63) is 11.7 Å². The molecule has 6 nitrogen and oxygen atoms in total. The van der Waals surface area contributed by atoms with Crippen molar-refractivity contribution >= 4 is 29.9 Å². The van der Waals surface area contributed by atoms with Crippen molar-refractivity contribution in [1.82, 2.24) is 20.8 Å². The molecule has 2 N–H and O–H groups in total. The van der Waals surface area contributed by atoms with Crippen LogP contribution in [-0.4, -0.2) is 35.2 Å². The Kier molecular flexibility index (Phi) is 10.4. The molecule has 0 aliphatic heterocycles. The second-order valence-electron chi connectivity index (χ2n) is 5.17. The van der Waals surface area contributed by atoms with Crippen LogP contribution in [0.1, 0.15) is 58.7 Å².